The average molecular weight is 242 g/mol. The Hall–Kier alpha value is -1.03. The highest BCUT2D eigenvalue weighted by Crippen LogP contribution is 2.08. The van der Waals surface area contributed by atoms with E-state index in [0.717, 1.165) is 19.3 Å². The molecule has 0 aromatic heterocycles. The van der Waals surface area contributed by atoms with Crippen molar-refractivity contribution in [3.63, 3.8) is 0 Å². The number of unbranched alkanes of at least 4 members (excludes halogenated alkanes) is 7. The molecule has 0 bridgehead atoms. The minimum Gasteiger partial charge on any atom is -0.376 e. The molecule has 0 atom stereocenters. The molecular formula is C13H26N2O2. The van der Waals surface area contributed by atoms with Gasteiger partial charge in [0.2, 0.25) is 0 Å². The van der Waals surface area contributed by atoms with Crippen LogP contribution in [0.15, 0.2) is 12.7 Å². The minimum atomic E-state index is -0.309. The summed E-state index contributed by atoms with van der Waals surface area (Å²) >= 11 is 0. The van der Waals surface area contributed by atoms with E-state index in [0.29, 0.717) is 6.54 Å². The van der Waals surface area contributed by atoms with Gasteiger partial charge in [0, 0.05) is 6.54 Å². The van der Waals surface area contributed by atoms with Crippen LogP contribution in [-0.4, -0.2) is 24.4 Å². The molecule has 0 saturated heterocycles. The van der Waals surface area contributed by atoms with Gasteiger partial charge in [-0.2, -0.15) is 0 Å². The molecule has 0 aliphatic rings. The third kappa shape index (κ3) is 12.9. The summed E-state index contributed by atoms with van der Waals surface area (Å²) in [4.78, 5) is 10.9. The number of allylic oxidation sites excluding steroid dienone is 1. The van der Waals surface area contributed by atoms with E-state index in [-0.39, 0.29) is 12.8 Å². The zero-order chi connectivity index (χ0) is 12.8. The molecule has 0 spiro atoms. The molecule has 4 heteroatoms. The fourth-order valence-electron chi connectivity index (χ4n) is 1.63. The van der Waals surface area contributed by atoms with Crippen molar-refractivity contribution in [1.82, 2.24) is 10.6 Å². The molecule has 0 heterocycles. The summed E-state index contributed by atoms with van der Waals surface area (Å²) in [5, 5.41) is 13.4. The molecule has 17 heavy (non-hydrogen) atoms. The van der Waals surface area contributed by atoms with Gasteiger partial charge < -0.3 is 15.7 Å². The number of amides is 2. The number of carbonyl (C=O) groups is 1. The van der Waals surface area contributed by atoms with Crippen molar-refractivity contribution in [3.8, 4) is 0 Å². The molecule has 2 amide bonds. The summed E-state index contributed by atoms with van der Waals surface area (Å²) in [7, 11) is 0. The summed E-state index contributed by atoms with van der Waals surface area (Å²) in [5.74, 6) is 0. The van der Waals surface area contributed by atoms with Crippen LogP contribution in [-0.2, 0) is 0 Å². The van der Waals surface area contributed by atoms with E-state index in [9.17, 15) is 4.79 Å². The third-order valence-corrected chi connectivity index (χ3v) is 2.61. The summed E-state index contributed by atoms with van der Waals surface area (Å²) in [6, 6.07) is -0.295. The first-order chi connectivity index (χ1) is 8.31. The summed E-state index contributed by atoms with van der Waals surface area (Å²) < 4.78 is 0. The van der Waals surface area contributed by atoms with Gasteiger partial charge in [0.1, 0.15) is 6.73 Å². The van der Waals surface area contributed by atoms with Crippen LogP contribution in [0, 0.1) is 0 Å². The molecule has 4 nitrogen and oxygen atoms in total. The molecule has 0 aromatic rings. The van der Waals surface area contributed by atoms with Gasteiger partial charge in [0.15, 0.2) is 0 Å². The predicted molar refractivity (Wildman–Crippen MR) is 70.8 cm³/mol. The Morgan fingerprint density at radius 3 is 2.18 bits per heavy atom. The number of hydrogen-bond donors (Lipinski definition) is 3. The van der Waals surface area contributed by atoms with Gasteiger partial charge in [-0.3, -0.25) is 0 Å². The Balaban J connectivity index is 3.03. The van der Waals surface area contributed by atoms with Gasteiger partial charge in [-0.1, -0.05) is 38.2 Å². The molecule has 3 N–H and O–H groups in total. The first kappa shape index (κ1) is 16.0. The lowest BCUT2D eigenvalue weighted by atomic mass is 10.1. The van der Waals surface area contributed by atoms with E-state index >= 15 is 0 Å². The molecule has 0 radical (unpaired) electrons. The number of urea groups is 1. The van der Waals surface area contributed by atoms with Crippen LogP contribution >= 0.6 is 0 Å². The maximum atomic E-state index is 10.9. The quantitative estimate of drug-likeness (QED) is 0.296. The SMILES string of the molecule is C=CCCCCCCCCCNC(=O)NCO. The Labute approximate surface area is 104 Å². The molecule has 0 saturated carbocycles. The molecule has 0 aromatic carbocycles. The van der Waals surface area contributed by atoms with Crippen LogP contribution in [0.25, 0.3) is 0 Å². The van der Waals surface area contributed by atoms with E-state index in [1.165, 1.54) is 32.1 Å². The lowest BCUT2D eigenvalue weighted by Crippen LogP contribution is -2.36. The Morgan fingerprint density at radius 1 is 1.00 bits per heavy atom. The summed E-state index contributed by atoms with van der Waals surface area (Å²) in [5.41, 5.74) is 0. The van der Waals surface area contributed by atoms with Crippen LogP contribution in [0.1, 0.15) is 51.4 Å². The van der Waals surface area contributed by atoms with Crippen molar-refractivity contribution in [2.24, 2.45) is 0 Å². The molecule has 0 unspecified atom stereocenters. The number of hydrogen-bond acceptors (Lipinski definition) is 2. The smallest absolute Gasteiger partial charge is 0.316 e. The third-order valence-electron chi connectivity index (χ3n) is 2.61. The Bertz CT molecular complexity index is 196. The molecular weight excluding hydrogens is 216 g/mol. The van der Waals surface area contributed by atoms with Crippen LogP contribution in [0.5, 0.6) is 0 Å². The highest BCUT2D eigenvalue weighted by molar-refractivity contribution is 5.73. The highest BCUT2D eigenvalue weighted by atomic mass is 16.3. The van der Waals surface area contributed by atoms with E-state index in [2.05, 4.69) is 17.2 Å². The van der Waals surface area contributed by atoms with Crippen molar-refractivity contribution in [1.29, 1.82) is 0 Å². The van der Waals surface area contributed by atoms with Crippen molar-refractivity contribution < 1.29 is 9.90 Å². The number of aliphatic hydroxyl groups is 1. The van der Waals surface area contributed by atoms with Crippen LogP contribution in [0.2, 0.25) is 0 Å². The second kappa shape index (κ2) is 13.0. The number of nitrogens with one attached hydrogen (secondary N) is 2. The van der Waals surface area contributed by atoms with Crippen molar-refractivity contribution >= 4 is 6.03 Å². The second-order valence-corrected chi connectivity index (χ2v) is 4.14. The normalized spacial score (nSPS) is 9.94. The molecule has 100 valence electrons. The van der Waals surface area contributed by atoms with Crippen LogP contribution in [0.3, 0.4) is 0 Å². The monoisotopic (exact) mass is 242 g/mol. The zero-order valence-corrected chi connectivity index (χ0v) is 10.7. The van der Waals surface area contributed by atoms with Gasteiger partial charge in [0.05, 0.1) is 0 Å². The maximum absolute atomic E-state index is 10.9. The average Bonchev–Trinajstić information content (AvgIpc) is 2.32. The number of carbonyl (C=O) groups excluding carboxylic acids is 1. The molecule has 0 rings (SSSR count). The van der Waals surface area contributed by atoms with Gasteiger partial charge >= 0.3 is 6.03 Å². The first-order valence-corrected chi connectivity index (χ1v) is 6.54. The first-order valence-electron chi connectivity index (χ1n) is 6.54. The number of aliphatic hydroxyl groups excluding tert-OH is 1. The number of rotatable bonds is 11. The van der Waals surface area contributed by atoms with Gasteiger partial charge in [-0.05, 0) is 19.3 Å². The van der Waals surface area contributed by atoms with Gasteiger partial charge in [0.25, 0.3) is 0 Å². The Morgan fingerprint density at radius 2 is 1.59 bits per heavy atom. The van der Waals surface area contributed by atoms with E-state index in [1.807, 2.05) is 6.08 Å². The van der Waals surface area contributed by atoms with E-state index < -0.39 is 0 Å². The molecule has 0 aliphatic carbocycles. The fourth-order valence-corrected chi connectivity index (χ4v) is 1.63. The van der Waals surface area contributed by atoms with Crippen molar-refractivity contribution in [2.75, 3.05) is 13.3 Å². The largest absolute Gasteiger partial charge is 0.376 e. The van der Waals surface area contributed by atoms with Crippen molar-refractivity contribution in [2.45, 2.75) is 51.4 Å². The summed E-state index contributed by atoms with van der Waals surface area (Å²) in [6.45, 7) is 4.07. The lowest BCUT2D eigenvalue weighted by molar-refractivity contribution is 0.217. The topological polar surface area (TPSA) is 61.4 Å². The van der Waals surface area contributed by atoms with E-state index in [4.69, 9.17) is 5.11 Å². The van der Waals surface area contributed by atoms with Crippen molar-refractivity contribution in [3.05, 3.63) is 12.7 Å². The standard InChI is InChI=1S/C13H26N2O2/c1-2-3-4-5-6-7-8-9-10-11-14-13(17)15-12-16/h2,16H,1,3-12H2,(H2,14,15,17). The summed E-state index contributed by atoms with van der Waals surface area (Å²) in [6.07, 6.45) is 11.6. The highest BCUT2D eigenvalue weighted by Gasteiger charge is 1.96. The van der Waals surface area contributed by atoms with Crippen LogP contribution in [0.4, 0.5) is 4.79 Å². The fraction of sp³-hybridized carbons (Fsp3) is 0.769. The predicted octanol–water partition coefficient (Wildman–Crippen LogP) is 2.54. The van der Waals surface area contributed by atoms with Crippen LogP contribution < -0.4 is 10.6 Å². The van der Waals surface area contributed by atoms with Gasteiger partial charge in [-0.25, -0.2) is 4.79 Å². The minimum absolute atomic E-state index is 0.295. The van der Waals surface area contributed by atoms with E-state index in [1.54, 1.807) is 0 Å². The maximum Gasteiger partial charge on any atom is 0.316 e. The zero-order valence-electron chi connectivity index (χ0n) is 10.7. The lowest BCUT2D eigenvalue weighted by Gasteiger charge is -2.05. The van der Waals surface area contributed by atoms with Gasteiger partial charge in [-0.15, -0.1) is 6.58 Å². The Kier molecular flexibility index (Phi) is 12.2. The molecule has 0 fully saturated rings. The molecule has 0 aliphatic heterocycles. The second-order valence-electron chi connectivity index (χ2n) is 4.14.